The summed E-state index contributed by atoms with van der Waals surface area (Å²) in [4.78, 5) is 40.6. The Morgan fingerprint density at radius 2 is 1.93 bits per heavy atom. The molecule has 2 N–H and O–H groups in total. The number of benzene rings is 1. The molecule has 7 nitrogen and oxygen atoms in total. The number of imide groups is 1. The number of hydrogen-bond donors (Lipinski definition) is 2. The van der Waals surface area contributed by atoms with Crippen molar-refractivity contribution >= 4 is 29.5 Å². The summed E-state index contributed by atoms with van der Waals surface area (Å²) in [5.41, 5.74) is 2.92. The van der Waals surface area contributed by atoms with Crippen molar-refractivity contribution in [3.8, 4) is 0 Å². The molecule has 4 heterocycles. The van der Waals surface area contributed by atoms with Crippen LogP contribution in [0.3, 0.4) is 0 Å². The number of nitrogens with one attached hydrogen (secondary N) is 2. The second kappa shape index (κ2) is 7.17. The van der Waals surface area contributed by atoms with Gasteiger partial charge in [0.15, 0.2) is 0 Å². The molecule has 4 aliphatic heterocycles. The average molecular weight is 401 g/mol. The Labute approximate surface area is 168 Å². The van der Waals surface area contributed by atoms with Crippen LogP contribution >= 0.6 is 11.8 Å². The molecule has 8 heteroatoms. The lowest BCUT2D eigenvalue weighted by molar-refractivity contribution is -0.136. The van der Waals surface area contributed by atoms with E-state index in [0.717, 1.165) is 43.5 Å². The van der Waals surface area contributed by atoms with Crippen molar-refractivity contribution in [3.05, 3.63) is 34.9 Å². The third kappa shape index (κ3) is 3.23. The number of piperidine rings is 1. The predicted molar refractivity (Wildman–Crippen MR) is 106 cm³/mol. The predicted octanol–water partition coefficient (Wildman–Crippen LogP) is 0.337. The first-order valence-electron chi connectivity index (χ1n) is 9.92. The van der Waals surface area contributed by atoms with Crippen LogP contribution in [0, 0.1) is 0 Å². The standard InChI is InChI=1S/C20H24N4O3S/c25-18-5-4-17(19(26)22-18)24-11-16-12(2-1-3-15(16)20(24)27)8-23-9-14(10-23)28-13-6-21-7-13/h1-3,13-14,17,21H,4-11H2,(H,22,25,26). The van der Waals surface area contributed by atoms with Crippen LogP contribution in [-0.2, 0) is 22.7 Å². The zero-order valence-corrected chi connectivity index (χ0v) is 16.5. The minimum Gasteiger partial charge on any atom is -0.322 e. The molecular formula is C20H24N4O3S. The Balaban J connectivity index is 1.25. The maximum Gasteiger partial charge on any atom is 0.255 e. The van der Waals surface area contributed by atoms with Gasteiger partial charge in [0.25, 0.3) is 5.91 Å². The Morgan fingerprint density at radius 3 is 2.64 bits per heavy atom. The van der Waals surface area contributed by atoms with E-state index >= 15 is 0 Å². The number of hydrogen-bond acceptors (Lipinski definition) is 6. The quantitative estimate of drug-likeness (QED) is 0.694. The summed E-state index contributed by atoms with van der Waals surface area (Å²) in [7, 11) is 0. The van der Waals surface area contributed by atoms with E-state index in [0.29, 0.717) is 23.8 Å². The number of rotatable bonds is 5. The van der Waals surface area contributed by atoms with Crippen molar-refractivity contribution in [2.75, 3.05) is 26.2 Å². The van der Waals surface area contributed by atoms with Gasteiger partial charge in [0, 0.05) is 61.8 Å². The molecule has 0 radical (unpaired) electrons. The van der Waals surface area contributed by atoms with Crippen LogP contribution in [0.2, 0.25) is 0 Å². The number of thioether (sulfide) groups is 1. The first kappa shape index (κ1) is 18.1. The minimum absolute atomic E-state index is 0.0964. The second-order valence-corrected chi connectivity index (χ2v) is 9.68. The van der Waals surface area contributed by atoms with Crippen LogP contribution in [0.15, 0.2) is 18.2 Å². The highest BCUT2D eigenvalue weighted by Gasteiger charge is 2.40. The maximum absolute atomic E-state index is 12.9. The van der Waals surface area contributed by atoms with Crippen molar-refractivity contribution in [1.29, 1.82) is 0 Å². The number of carbonyl (C=O) groups excluding carboxylic acids is 3. The largest absolute Gasteiger partial charge is 0.322 e. The molecule has 1 unspecified atom stereocenters. The number of likely N-dealkylation sites (tertiary alicyclic amines) is 1. The smallest absolute Gasteiger partial charge is 0.255 e. The number of amides is 3. The van der Waals surface area contributed by atoms with E-state index < -0.39 is 6.04 Å². The molecule has 0 saturated carbocycles. The summed E-state index contributed by atoms with van der Waals surface area (Å²) in [6.07, 6.45) is 0.688. The molecule has 148 valence electrons. The Hall–Kier alpha value is -1.90. The van der Waals surface area contributed by atoms with Gasteiger partial charge in [0.1, 0.15) is 6.04 Å². The fourth-order valence-electron chi connectivity index (χ4n) is 4.41. The highest BCUT2D eigenvalue weighted by molar-refractivity contribution is 8.00. The van der Waals surface area contributed by atoms with Gasteiger partial charge in [0.2, 0.25) is 11.8 Å². The van der Waals surface area contributed by atoms with Gasteiger partial charge in [-0.25, -0.2) is 0 Å². The van der Waals surface area contributed by atoms with Crippen LogP contribution in [0.1, 0.15) is 34.3 Å². The zero-order chi connectivity index (χ0) is 19.3. The highest BCUT2D eigenvalue weighted by Crippen LogP contribution is 2.33. The van der Waals surface area contributed by atoms with Crippen molar-refractivity contribution in [2.45, 2.75) is 42.5 Å². The highest BCUT2D eigenvalue weighted by atomic mass is 32.2. The molecular weight excluding hydrogens is 376 g/mol. The van der Waals surface area contributed by atoms with Crippen molar-refractivity contribution in [1.82, 2.24) is 20.4 Å². The monoisotopic (exact) mass is 400 g/mol. The fraction of sp³-hybridized carbons (Fsp3) is 0.550. The third-order valence-electron chi connectivity index (χ3n) is 6.13. The molecule has 0 aromatic heterocycles. The van der Waals surface area contributed by atoms with E-state index in [1.54, 1.807) is 4.90 Å². The van der Waals surface area contributed by atoms with Crippen LogP contribution in [-0.4, -0.2) is 70.2 Å². The summed E-state index contributed by atoms with van der Waals surface area (Å²) in [5, 5.41) is 7.16. The van der Waals surface area contributed by atoms with Crippen molar-refractivity contribution in [3.63, 3.8) is 0 Å². The number of carbonyl (C=O) groups is 3. The van der Waals surface area contributed by atoms with Gasteiger partial charge in [0.05, 0.1) is 0 Å². The summed E-state index contributed by atoms with van der Waals surface area (Å²) < 4.78 is 0. The molecule has 0 aliphatic carbocycles. The maximum atomic E-state index is 12.9. The number of nitrogens with zero attached hydrogens (tertiary/aromatic N) is 2. The molecule has 28 heavy (non-hydrogen) atoms. The van der Waals surface area contributed by atoms with E-state index in [2.05, 4.69) is 33.4 Å². The third-order valence-corrected chi connectivity index (χ3v) is 7.53. The van der Waals surface area contributed by atoms with Gasteiger partial charge < -0.3 is 10.2 Å². The molecule has 0 spiro atoms. The van der Waals surface area contributed by atoms with E-state index in [1.165, 1.54) is 5.56 Å². The lowest BCUT2D eigenvalue weighted by Crippen LogP contribution is -2.53. The molecule has 1 aromatic carbocycles. The summed E-state index contributed by atoms with van der Waals surface area (Å²) >= 11 is 2.09. The first-order valence-corrected chi connectivity index (χ1v) is 10.9. The van der Waals surface area contributed by atoms with E-state index in [9.17, 15) is 14.4 Å². The molecule has 0 bridgehead atoms. The second-order valence-electron chi connectivity index (χ2n) is 8.08. The average Bonchev–Trinajstić information content (AvgIpc) is 2.93. The lowest BCUT2D eigenvalue weighted by atomic mass is 10.0. The van der Waals surface area contributed by atoms with E-state index in [1.807, 2.05) is 12.1 Å². The lowest BCUT2D eigenvalue weighted by Gasteiger charge is -2.42. The molecule has 3 fully saturated rings. The van der Waals surface area contributed by atoms with Gasteiger partial charge in [-0.15, -0.1) is 11.8 Å². The van der Waals surface area contributed by atoms with Crippen LogP contribution in [0.25, 0.3) is 0 Å². The molecule has 1 atom stereocenters. The topological polar surface area (TPSA) is 81.8 Å². The van der Waals surface area contributed by atoms with Gasteiger partial charge in [-0.3, -0.25) is 24.6 Å². The van der Waals surface area contributed by atoms with Crippen LogP contribution in [0.5, 0.6) is 0 Å². The SMILES string of the molecule is O=C1CCC(N2Cc3c(CN4CC(SC5CNC5)C4)cccc3C2=O)C(=O)N1. The van der Waals surface area contributed by atoms with Crippen LogP contribution in [0.4, 0.5) is 0 Å². The molecule has 3 amide bonds. The Morgan fingerprint density at radius 1 is 1.11 bits per heavy atom. The fourth-order valence-corrected chi connectivity index (χ4v) is 5.97. The van der Waals surface area contributed by atoms with Crippen LogP contribution < -0.4 is 10.6 Å². The normalized spacial score (nSPS) is 26.1. The van der Waals surface area contributed by atoms with E-state index in [-0.39, 0.29) is 24.1 Å². The van der Waals surface area contributed by atoms with Gasteiger partial charge in [-0.1, -0.05) is 12.1 Å². The molecule has 5 rings (SSSR count). The summed E-state index contributed by atoms with van der Waals surface area (Å²) in [6.45, 7) is 5.75. The molecule has 1 aromatic rings. The first-order chi connectivity index (χ1) is 13.6. The van der Waals surface area contributed by atoms with Gasteiger partial charge in [-0.05, 0) is 23.6 Å². The number of fused-ring (bicyclic) bond motifs is 1. The zero-order valence-electron chi connectivity index (χ0n) is 15.6. The summed E-state index contributed by atoms with van der Waals surface area (Å²) in [5.74, 6) is -0.707. The molecule has 3 saturated heterocycles. The van der Waals surface area contributed by atoms with Crippen molar-refractivity contribution < 1.29 is 14.4 Å². The van der Waals surface area contributed by atoms with Crippen molar-refractivity contribution in [2.24, 2.45) is 0 Å². The Kier molecular flexibility index (Phi) is 4.65. The summed E-state index contributed by atoms with van der Waals surface area (Å²) in [6, 6.07) is 5.33. The Bertz CT molecular complexity index is 835. The minimum atomic E-state index is -0.550. The van der Waals surface area contributed by atoms with Gasteiger partial charge in [-0.2, -0.15) is 0 Å². The molecule has 4 aliphatic rings. The van der Waals surface area contributed by atoms with E-state index in [4.69, 9.17) is 0 Å². The van der Waals surface area contributed by atoms with Gasteiger partial charge >= 0.3 is 0 Å².